The molecular formula is C17H27N5O7. The summed E-state index contributed by atoms with van der Waals surface area (Å²) in [5, 5.41) is 20.6. The van der Waals surface area contributed by atoms with Gasteiger partial charge in [0.1, 0.15) is 24.2 Å². The van der Waals surface area contributed by atoms with Crippen LogP contribution in [0.3, 0.4) is 0 Å². The molecule has 7 N–H and O–H groups in total. The fourth-order valence-corrected chi connectivity index (χ4v) is 3.73. The van der Waals surface area contributed by atoms with Gasteiger partial charge in [0.25, 0.3) is 0 Å². The van der Waals surface area contributed by atoms with Crippen molar-refractivity contribution in [3.8, 4) is 0 Å². The molecule has 0 spiro atoms. The summed E-state index contributed by atoms with van der Waals surface area (Å²) in [4.78, 5) is 63.2. The summed E-state index contributed by atoms with van der Waals surface area (Å²) in [6.45, 7) is -0.140. The van der Waals surface area contributed by atoms with Gasteiger partial charge in [-0.05, 0) is 25.7 Å². The molecule has 0 radical (unpaired) electrons. The van der Waals surface area contributed by atoms with Gasteiger partial charge in [-0.25, -0.2) is 4.79 Å². The van der Waals surface area contributed by atoms with Crippen LogP contribution in [0.5, 0.6) is 0 Å². The van der Waals surface area contributed by atoms with Crippen molar-refractivity contribution in [3.05, 3.63) is 0 Å². The van der Waals surface area contributed by atoms with Gasteiger partial charge in [-0.2, -0.15) is 0 Å². The van der Waals surface area contributed by atoms with E-state index >= 15 is 0 Å². The fourth-order valence-electron chi connectivity index (χ4n) is 3.73. The van der Waals surface area contributed by atoms with E-state index < -0.39 is 66.8 Å². The first-order valence-corrected chi connectivity index (χ1v) is 9.46. The minimum atomic E-state index is -1.33. The molecule has 2 aliphatic rings. The van der Waals surface area contributed by atoms with Crippen molar-refractivity contribution < 1.29 is 34.2 Å². The summed E-state index contributed by atoms with van der Waals surface area (Å²) >= 11 is 0. The number of amides is 4. The number of likely N-dealkylation sites (tertiary alicyclic amines) is 2. The zero-order valence-electron chi connectivity index (χ0n) is 16.0. The van der Waals surface area contributed by atoms with Crippen LogP contribution < -0.4 is 16.8 Å². The summed E-state index contributed by atoms with van der Waals surface area (Å²) < 4.78 is 0. The lowest BCUT2D eigenvalue weighted by molar-refractivity contribution is -0.152. The summed E-state index contributed by atoms with van der Waals surface area (Å²) in [6, 6.07) is -4.42. The molecule has 0 aromatic carbocycles. The number of nitrogens with zero attached hydrogens (tertiary/aromatic N) is 2. The van der Waals surface area contributed by atoms with Gasteiger partial charge in [0.2, 0.25) is 23.6 Å². The van der Waals surface area contributed by atoms with Crippen LogP contribution in [0, 0.1) is 0 Å². The van der Waals surface area contributed by atoms with Gasteiger partial charge in [-0.1, -0.05) is 0 Å². The van der Waals surface area contributed by atoms with Gasteiger partial charge >= 0.3 is 5.97 Å². The number of nitrogens with one attached hydrogen (secondary N) is 1. The van der Waals surface area contributed by atoms with E-state index in [-0.39, 0.29) is 6.54 Å². The van der Waals surface area contributed by atoms with Crippen molar-refractivity contribution in [2.45, 2.75) is 56.3 Å². The van der Waals surface area contributed by atoms with Crippen LogP contribution in [-0.4, -0.2) is 93.5 Å². The third-order valence-corrected chi connectivity index (χ3v) is 5.20. The van der Waals surface area contributed by atoms with Crippen LogP contribution in [0.4, 0.5) is 0 Å². The number of primary amides is 1. The third-order valence-electron chi connectivity index (χ3n) is 5.20. The number of aliphatic hydroxyl groups excluding tert-OH is 1. The van der Waals surface area contributed by atoms with Gasteiger partial charge in [-0.15, -0.1) is 0 Å². The highest BCUT2D eigenvalue weighted by molar-refractivity contribution is 5.96. The number of carboxylic acid groups (broad SMARTS) is 1. The number of carbonyl (C=O) groups excluding carboxylic acids is 4. The normalized spacial score (nSPS) is 23.5. The molecular weight excluding hydrogens is 386 g/mol. The Morgan fingerprint density at radius 3 is 2.17 bits per heavy atom. The van der Waals surface area contributed by atoms with E-state index in [4.69, 9.17) is 16.6 Å². The average molecular weight is 413 g/mol. The predicted octanol–water partition coefficient (Wildman–Crippen LogP) is -3.27. The molecule has 4 atom stereocenters. The molecule has 2 saturated heterocycles. The highest BCUT2D eigenvalue weighted by Crippen LogP contribution is 2.25. The van der Waals surface area contributed by atoms with E-state index in [1.54, 1.807) is 0 Å². The summed E-state index contributed by atoms with van der Waals surface area (Å²) in [6.07, 6.45) is 1.27. The van der Waals surface area contributed by atoms with Gasteiger partial charge < -0.3 is 36.8 Å². The predicted molar refractivity (Wildman–Crippen MR) is 97.9 cm³/mol. The molecule has 2 fully saturated rings. The van der Waals surface area contributed by atoms with E-state index in [9.17, 15) is 29.1 Å². The monoisotopic (exact) mass is 413 g/mol. The SMILES string of the molecule is NC(=O)CC(NC(=O)C(N)CO)C(=O)N1CCCC1C(=O)N1CCCC1C(=O)O. The van der Waals surface area contributed by atoms with Crippen molar-refractivity contribution in [3.63, 3.8) is 0 Å². The molecule has 2 aliphatic heterocycles. The summed E-state index contributed by atoms with van der Waals surface area (Å²) in [7, 11) is 0. The highest BCUT2D eigenvalue weighted by atomic mass is 16.4. The zero-order chi connectivity index (χ0) is 21.7. The molecule has 12 heteroatoms. The Kier molecular flexibility index (Phi) is 7.51. The Morgan fingerprint density at radius 2 is 1.62 bits per heavy atom. The molecule has 0 aromatic rings. The maximum atomic E-state index is 13.0. The van der Waals surface area contributed by atoms with Crippen LogP contribution in [-0.2, 0) is 24.0 Å². The molecule has 4 unspecified atom stereocenters. The van der Waals surface area contributed by atoms with Crippen LogP contribution in [0.25, 0.3) is 0 Å². The topological polar surface area (TPSA) is 196 Å². The highest BCUT2D eigenvalue weighted by Gasteiger charge is 2.43. The molecule has 0 aromatic heterocycles. The van der Waals surface area contributed by atoms with Gasteiger partial charge in [0, 0.05) is 13.1 Å². The van der Waals surface area contributed by atoms with Gasteiger partial charge in [0.05, 0.1) is 13.0 Å². The molecule has 4 amide bonds. The second-order valence-corrected chi connectivity index (χ2v) is 7.24. The lowest BCUT2D eigenvalue weighted by atomic mass is 10.1. The largest absolute Gasteiger partial charge is 0.480 e. The van der Waals surface area contributed by atoms with Gasteiger partial charge in [0.15, 0.2) is 0 Å². The number of aliphatic carboxylic acids is 1. The van der Waals surface area contributed by atoms with Gasteiger partial charge in [-0.3, -0.25) is 19.2 Å². The smallest absolute Gasteiger partial charge is 0.326 e. The summed E-state index contributed by atoms with van der Waals surface area (Å²) in [5.41, 5.74) is 10.6. The second-order valence-electron chi connectivity index (χ2n) is 7.24. The second kappa shape index (κ2) is 9.65. The number of hydrogen-bond donors (Lipinski definition) is 5. The first-order chi connectivity index (χ1) is 13.7. The first kappa shape index (κ1) is 22.6. The Bertz CT molecular complexity index is 685. The Morgan fingerprint density at radius 1 is 1.03 bits per heavy atom. The molecule has 0 bridgehead atoms. The quantitative estimate of drug-likeness (QED) is 0.273. The number of rotatable bonds is 8. The molecule has 2 rings (SSSR count). The van der Waals surface area contributed by atoms with E-state index in [0.717, 1.165) is 0 Å². The minimum absolute atomic E-state index is 0.220. The lowest BCUT2D eigenvalue weighted by Crippen LogP contribution is -2.57. The van der Waals surface area contributed by atoms with Crippen molar-refractivity contribution in [2.24, 2.45) is 11.5 Å². The van der Waals surface area contributed by atoms with Crippen molar-refractivity contribution >= 4 is 29.6 Å². The Balaban J connectivity index is 2.16. The van der Waals surface area contributed by atoms with E-state index in [0.29, 0.717) is 32.2 Å². The number of hydrogen-bond acceptors (Lipinski definition) is 7. The van der Waals surface area contributed by atoms with Crippen molar-refractivity contribution in [1.82, 2.24) is 15.1 Å². The van der Waals surface area contributed by atoms with Crippen LogP contribution >= 0.6 is 0 Å². The molecule has 12 nitrogen and oxygen atoms in total. The minimum Gasteiger partial charge on any atom is -0.480 e. The number of aliphatic hydroxyl groups is 1. The Labute approximate surface area is 167 Å². The molecule has 0 aliphatic carbocycles. The third kappa shape index (κ3) is 5.21. The molecule has 29 heavy (non-hydrogen) atoms. The van der Waals surface area contributed by atoms with Crippen LogP contribution in [0.1, 0.15) is 32.1 Å². The van der Waals surface area contributed by atoms with Crippen LogP contribution in [0.15, 0.2) is 0 Å². The Hall–Kier alpha value is -2.73. The molecule has 2 heterocycles. The zero-order valence-corrected chi connectivity index (χ0v) is 16.0. The van der Waals surface area contributed by atoms with Crippen LogP contribution in [0.2, 0.25) is 0 Å². The van der Waals surface area contributed by atoms with E-state index in [1.807, 2.05) is 0 Å². The lowest BCUT2D eigenvalue weighted by Gasteiger charge is -2.32. The number of carbonyl (C=O) groups is 5. The molecule has 162 valence electrons. The van der Waals surface area contributed by atoms with Crippen molar-refractivity contribution in [2.75, 3.05) is 19.7 Å². The number of carboxylic acids is 1. The van der Waals surface area contributed by atoms with Crippen molar-refractivity contribution in [1.29, 1.82) is 0 Å². The average Bonchev–Trinajstić information content (AvgIpc) is 3.34. The standard InChI is InChI=1S/C17H27N5O7/c18-9(8-23)14(25)20-10(7-13(19)24)15(26)21-5-1-3-11(21)16(27)22-6-2-4-12(22)17(28)29/h9-12,23H,1-8,18H2,(H2,19,24)(H,20,25)(H,28,29). The van der Waals surface area contributed by atoms with E-state index in [1.165, 1.54) is 9.80 Å². The first-order valence-electron chi connectivity index (χ1n) is 9.46. The fraction of sp³-hybridized carbons (Fsp3) is 0.706. The maximum Gasteiger partial charge on any atom is 0.326 e. The van der Waals surface area contributed by atoms with E-state index in [2.05, 4.69) is 5.32 Å². The maximum absolute atomic E-state index is 13.0. The summed E-state index contributed by atoms with van der Waals surface area (Å²) in [5.74, 6) is -3.90. The number of nitrogens with two attached hydrogens (primary N) is 2. The molecule has 0 saturated carbocycles.